The average Bonchev–Trinajstić information content (AvgIpc) is 2.46. The van der Waals surface area contributed by atoms with Gasteiger partial charge in [0.25, 0.3) is 0 Å². The number of hydrogen-bond donors (Lipinski definition) is 0. The summed E-state index contributed by atoms with van der Waals surface area (Å²) in [5.41, 5.74) is 0. The van der Waals surface area contributed by atoms with Gasteiger partial charge in [-0.15, -0.1) is 11.8 Å². The third-order valence-electron chi connectivity index (χ3n) is 2.03. The zero-order chi connectivity index (χ0) is 12.0. The van der Waals surface area contributed by atoms with E-state index in [4.69, 9.17) is 0 Å². The molecule has 1 heterocycles. The zero-order valence-electron chi connectivity index (χ0n) is 10.2. The first-order valence-corrected chi connectivity index (χ1v) is 6.60. The van der Waals surface area contributed by atoms with E-state index in [1.165, 1.54) is 4.90 Å². The van der Waals surface area contributed by atoms with Crippen molar-refractivity contribution in [1.82, 2.24) is 4.90 Å². The Morgan fingerprint density at radius 2 is 1.93 bits per heavy atom. The number of carbonyl (C=O) groups excluding carboxylic acids is 2. The first kappa shape index (κ1) is 14.5. The molecule has 1 rings (SSSR count). The lowest BCUT2D eigenvalue weighted by Crippen LogP contribution is -2.37. The van der Waals surface area contributed by atoms with Gasteiger partial charge in [0.2, 0.25) is 11.8 Å². The van der Waals surface area contributed by atoms with Gasteiger partial charge < -0.3 is 0 Å². The molecule has 0 aliphatic carbocycles. The second-order valence-corrected chi connectivity index (χ2v) is 4.82. The molecule has 0 spiro atoms. The highest BCUT2D eigenvalue weighted by molar-refractivity contribution is 8.00. The van der Waals surface area contributed by atoms with Crippen LogP contribution in [0.3, 0.4) is 0 Å². The topological polar surface area (TPSA) is 37.4 Å². The molecule has 0 bridgehead atoms. The Morgan fingerprint density at radius 1 is 1.40 bits per heavy atom. The van der Waals surface area contributed by atoms with Gasteiger partial charge in [0, 0.05) is 12.5 Å². The van der Waals surface area contributed by atoms with Crippen LogP contribution in [0.4, 0.5) is 0 Å². The van der Waals surface area contributed by atoms with Crippen molar-refractivity contribution < 1.29 is 9.59 Å². The number of rotatable bonds is 3. The van der Waals surface area contributed by atoms with Gasteiger partial charge in [-0.2, -0.15) is 0 Å². The van der Waals surface area contributed by atoms with E-state index in [0.29, 0.717) is 6.42 Å². The summed E-state index contributed by atoms with van der Waals surface area (Å²) in [6, 6.07) is 0.00227. The summed E-state index contributed by atoms with van der Waals surface area (Å²) in [5.74, 6) is 0.855. The van der Waals surface area contributed by atoms with Crippen molar-refractivity contribution in [3.05, 3.63) is 0 Å². The Hall–Kier alpha value is -0.510. The van der Waals surface area contributed by atoms with Crippen molar-refractivity contribution >= 4 is 23.6 Å². The number of hydrogen-bond acceptors (Lipinski definition) is 3. The van der Waals surface area contributed by atoms with Crippen LogP contribution in [0.15, 0.2) is 0 Å². The van der Waals surface area contributed by atoms with Crippen molar-refractivity contribution in [2.75, 3.05) is 5.75 Å². The fraction of sp³-hybridized carbons (Fsp3) is 0.818. The number of carbonyl (C=O) groups is 2. The lowest BCUT2D eigenvalue weighted by atomic mass is 10.3. The predicted octanol–water partition coefficient (Wildman–Crippen LogP) is 2.30. The van der Waals surface area contributed by atoms with Crippen molar-refractivity contribution in [3.63, 3.8) is 0 Å². The predicted molar refractivity (Wildman–Crippen MR) is 64.9 cm³/mol. The van der Waals surface area contributed by atoms with Gasteiger partial charge in [-0.25, -0.2) is 0 Å². The molecule has 0 radical (unpaired) electrons. The number of nitrogens with zero attached hydrogens (tertiary/aromatic N) is 1. The second-order valence-electron chi connectivity index (χ2n) is 3.34. The van der Waals surface area contributed by atoms with Gasteiger partial charge >= 0.3 is 0 Å². The van der Waals surface area contributed by atoms with Crippen LogP contribution in [0.5, 0.6) is 0 Å². The van der Waals surface area contributed by atoms with Crippen LogP contribution in [-0.4, -0.2) is 33.8 Å². The highest BCUT2D eigenvalue weighted by atomic mass is 32.2. The molecule has 0 saturated carbocycles. The number of likely N-dealkylation sites (tertiary alicyclic amines) is 1. The van der Waals surface area contributed by atoms with E-state index in [-0.39, 0.29) is 23.1 Å². The monoisotopic (exact) mass is 231 g/mol. The minimum Gasteiger partial charge on any atom is -0.279 e. The molecule has 1 atom stereocenters. The Morgan fingerprint density at radius 3 is 2.27 bits per heavy atom. The van der Waals surface area contributed by atoms with Gasteiger partial charge in [0.05, 0.1) is 5.25 Å². The molecular weight excluding hydrogens is 210 g/mol. The van der Waals surface area contributed by atoms with E-state index in [1.54, 1.807) is 11.8 Å². The van der Waals surface area contributed by atoms with Gasteiger partial charge in [0.1, 0.15) is 0 Å². The first-order valence-electron chi connectivity index (χ1n) is 5.55. The summed E-state index contributed by atoms with van der Waals surface area (Å²) >= 11 is 1.56. The third-order valence-corrected chi connectivity index (χ3v) is 3.13. The van der Waals surface area contributed by atoms with Crippen molar-refractivity contribution in [3.8, 4) is 0 Å². The number of amides is 2. The van der Waals surface area contributed by atoms with Gasteiger partial charge in [-0.3, -0.25) is 14.5 Å². The Labute approximate surface area is 96.6 Å². The second kappa shape index (κ2) is 6.88. The Kier molecular flexibility index (Phi) is 6.65. The van der Waals surface area contributed by atoms with Crippen LogP contribution in [-0.2, 0) is 9.59 Å². The fourth-order valence-corrected chi connectivity index (χ4v) is 2.42. The van der Waals surface area contributed by atoms with E-state index in [0.717, 1.165) is 5.75 Å². The molecule has 0 aromatic carbocycles. The van der Waals surface area contributed by atoms with Gasteiger partial charge in [-0.05, 0) is 19.6 Å². The highest BCUT2D eigenvalue weighted by Gasteiger charge is 2.39. The molecule has 0 aromatic rings. The summed E-state index contributed by atoms with van der Waals surface area (Å²) < 4.78 is 0. The van der Waals surface area contributed by atoms with Crippen LogP contribution < -0.4 is 0 Å². The van der Waals surface area contributed by atoms with E-state index in [2.05, 4.69) is 0 Å². The quantitative estimate of drug-likeness (QED) is 0.699. The van der Waals surface area contributed by atoms with Crippen LogP contribution in [0.2, 0.25) is 0 Å². The van der Waals surface area contributed by atoms with Crippen LogP contribution >= 0.6 is 11.8 Å². The van der Waals surface area contributed by atoms with Crippen LogP contribution in [0.25, 0.3) is 0 Å². The van der Waals surface area contributed by atoms with Gasteiger partial charge in [-0.1, -0.05) is 20.8 Å². The molecule has 1 aliphatic heterocycles. The average molecular weight is 231 g/mol. The summed E-state index contributed by atoms with van der Waals surface area (Å²) in [5, 5.41) is -0.125. The minimum atomic E-state index is -0.125. The van der Waals surface area contributed by atoms with E-state index < -0.39 is 0 Å². The van der Waals surface area contributed by atoms with E-state index in [1.807, 2.05) is 34.6 Å². The van der Waals surface area contributed by atoms with Gasteiger partial charge in [0.15, 0.2) is 0 Å². The van der Waals surface area contributed by atoms with Crippen molar-refractivity contribution in [2.45, 2.75) is 52.3 Å². The summed E-state index contributed by atoms with van der Waals surface area (Å²) in [6.45, 7) is 9.74. The maximum absolute atomic E-state index is 11.6. The number of imide groups is 1. The molecule has 0 aromatic heterocycles. The summed E-state index contributed by atoms with van der Waals surface area (Å²) in [6.07, 6.45) is 0.384. The molecule has 0 N–H and O–H groups in total. The molecule has 88 valence electrons. The van der Waals surface area contributed by atoms with Crippen LogP contribution in [0.1, 0.15) is 41.0 Å². The summed E-state index contributed by atoms with van der Waals surface area (Å²) in [7, 11) is 0. The Bertz CT molecular complexity index is 229. The maximum Gasteiger partial charge on any atom is 0.243 e. The SMILES string of the molecule is CC.CCSC1CC(=O)N(C(C)C)C1=O. The molecule has 1 unspecified atom stereocenters. The smallest absolute Gasteiger partial charge is 0.243 e. The molecule has 1 saturated heterocycles. The number of thioether (sulfide) groups is 1. The molecule has 15 heavy (non-hydrogen) atoms. The zero-order valence-corrected chi connectivity index (χ0v) is 11.1. The third kappa shape index (κ3) is 3.52. The molecule has 3 nitrogen and oxygen atoms in total. The molecular formula is C11H21NO2S. The fourth-order valence-electron chi connectivity index (χ4n) is 1.50. The molecule has 2 amide bonds. The van der Waals surface area contributed by atoms with Crippen LogP contribution in [0, 0.1) is 0 Å². The minimum absolute atomic E-state index is 0.00227. The lowest BCUT2D eigenvalue weighted by Gasteiger charge is -2.18. The molecule has 4 heteroatoms. The van der Waals surface area contributed by atoms with Crippen molar-refractivity contribution in [1.29, 1.82) is 0 Å². The van der Waals surface area contributed by atoms with E-state index in [9.17, 15) is 9.59 Å². The summed E-state index contributed by atoms with van der Waals surface area (Å²) in [4.78, 5) is 24.4. The lowest BCUT2D eigenvalue weighted by molar-refractivity contribution is -0.140. The standard InChI is InChI=1S/C9H15NO2S.C2H6/c1-4-13-7-5-8(11)10(6(2)3)9(7)12;1-2/h6-7H,4-5H2,1-3H3;1-2H3. The highest BCUT2D eigenvalue weighted by Crippen LogP contribution is 2.26. The molecule has 1 fully saturated rings. The maximum atomic E-state index is 11.6. The first-order chi connectivity index (χ1) is 7.07. The largest absolute Gasteiger partial charge is 0.279 e. The molecule has 1 aliphatic rings. The van der Waals surface area contributed by atoms with E-state index >= 15 is 0 Å². The Balaban J connectivity index is 0.000000921. The normalized spacial score (nSPS) is 20.7. The van der Waals surface area contributed by atoms with Crippen molar-refractivity contribution in [2.24, 2.45) is 0 Å².